The Balaban J connectivity index is 2.25. The number of carbonyl (C=O) groups is 1. The lowest BCUT2D eigenvalue weighted by Crippen LogP contribution is -2.04. The molecule has 0 fully saturated rings. The van der Waals surface area contributed by atoms with E-state index < -0.39 is 0 Å². The lowest BCUT2D eigenvalue weighted by atomic mass is 10.0. The van der Waals surface area contributed by atoms with E-state index in [0.717, 1.165) is 14.5 Å². The Bertz CT molecular complexity index is 581. The third-order valence-corrected chi connectivity index (χ3v) is 3.65. The number of Topliss-reactive ketones (excluding diaryl/α,β-unsaturated/α-hetero) is 1. The fraction of sp³-hybridized carbons (Fsp3) is 0.0769. The second kappa shape index (κ2) is 5.95. The lowest BCUT2D eigenvalue weighted by Gasteiger charge is -2.04. The number of nitrogens with zero attached hydrogens (tertiary/aromatic N) is 1. The van der Waals surface area contributed by atoms with Gasteiger partial charge in [-0.2, -0.15) is 0 Å². The quantitative estimate of drug-likeness (QED) is 0.713. The van der Waals surface area contributed by atoms with E-state index in [1.54, 1.807) is 30.6 Å². The summed E-state index contributed by atoms with van der Waals surface area (Å²) in [6.45, 7) is 0. The molecular formula is C13H8Br2ClNO. The Kier molecular flexibility index (Phi) is 4.54. The van der Waals surface area contributed by atoms with Crippen molar-refractivity contribution < 1.29 is 4.79 Å². The van der Waals surface area contributed by atoms with E-state index in [9.17, 15) is 4.79 Å². The van der Waals surface area contributed by atoms with E-state index in [0.29, 0.717) is 10.6 Å². The van der Waals surface area contributed by atoms with Crippen LogP contribution < -0.4 is 0 Å². The molecule has 0 saturated carbocycles. The number of aromatic nitrogens is 1. The molecule has 0 bridgehead atoms. The summed E-state index contributed by atoms with van der Waals surface area (Å²) in [6.07, 6.45) is 3.44. The molecule has 2 nitrogen and oxygen atoms in total. The molecule has 1 aromatic heterocycles. The van der Waals surface area contributed by atoms with Gasteiger partial charge in [0.2, 0.25) is 0 Å². The first kappa shape index (κ1) is 13.7. The van der Waals surface area contributed by atoms with E-state index in [2.05, 4.69) is 36.8 Å². The van der Waals surface area contributed by atoms with Gasteiger partial charge in [-0.3, -0.25) is 9.78 Å². The van der Waals surface area contributed by atoms with Crippen molar-refractivity contribution >= 4 is 49.2 Å². The third-order valence-electron chi connectivity index (χ3n) is 2.39. The van der Waals surface area contributed by atoms with Crippen LogP contribution in [-0.2, 0) is 6.42 Å². The number of pyridine rings is 1. The van der Waals surface area contributed by atoms with Crippen molar-refractivity contribution in [3.63, 3.8) is 0 Å². The number of benzene rings is 1. The molecule has 0 saturated heterocycles. The summed E-state index contributed by atoms with van der Waals surface area (Å²) in [5.41, 5.74) is 1.43. The van der Waals surface area contributed by atoms with Crippen LogP contribution >= 0.6 is 43.5 Å². The lowest BCUT2D eigenvalue weighted by molar-refractivity contribution is 0.0993. The van der Waals surface area contributed by atoms with Gasteiger partial charge in [-0.15, -0.1) is 0 Å². The molecule has 1 heterocycles. The highest BCUT2D eigenvalue weighted by atomic mass is 79.9. The normalized spacial score (nSPS) is 10.4. The van der Waals surface area contributed by atoms with Crippen LogP contribution in [0.3, 0.4) is 0 Å². The zero-order valence-electron chi connectivity index (χ0n) is 9.16. The van der Waals surface area contributed by atoms with Gasteiger partial charge in [0.25, 0.3) is 0 Å². The second-order valence-corrected chi connectivity index (χ2v) is 5.96. The Morgan fingerprint density at radius 1 is 1.22 bits per heavy atom. The van der Waals surface area contributed by atoms with E-state index in [-0.39, 0.29) is 12.2 Å². The van der Waals surface area contributed by atoms with Crippen LogP contribution in [0.15, 0.2) is 45.6 Å². The predicted octanol–water partition coefficient (Wildman–Crippen LogP) is 4.69. The van der Waals surface area contributed by atoms with E-state index in [1.807, 2.05) is 6.07 Å². The molecule has 18 heavy (non-hydrogen) atoms. The summed E-state index contributed by atoms with van der Waals surface area (Å²) in [7, 11) is 0. The maximum atomic E-state index is 12.2. The predicted molar refractivity (Wildman–Crippen MR) is 79.1 cm³/mol. The molecule has 0 aliphatic heterocycles. The number of ketones is 1. The van der Waals surface area contributed by atoms with Crippen LogP contribution in [0.2, 0.25) is 5.02 Å². The summed E-state index contributed by atoms with van der Waals surface area (Å²) in [5, 5.41) is 0.514. The molecule has 0 radical (unpaired) electrons. The molecule has 0 N–H and O–H groups in total. The number of carbonyl (C=O) groups excluding carboxylic acids is 1. The molecule has 0 aliphatic carbocycles. The van der Waals surface area contributed by atoms with Gasteiger partial charge in [-0.25, -0.2) is 0 Å². The standard InChI is InChI=1S/C13H8Br2ClNO/c14-10-3-9(4-11(15)6-10)13(18)5-8-1-2-17-7-12(8)16/h1-4,6-7H,5H2. The average molecular weight is 389 g/mol. The number of hydrogen-bond acceptors (Lipinski definition) is 2. The maximum absolute atomic E-state index is 12.2. The summed E-state index contributed by atoms with van der Waals surface area (Å²) < 4.78 is 1.72. The van der Waals surface area contributed by atoms with Crippen molar-refractivity contribution in [1.29, 1.82) is 0 Å². The molecule has 1 aromatic carbocycles. The summed E-state index contributed by atoms with van der Waals surface area (Å²) in [6, 6.07) is 7.23. The van der Waals surface area contributed by atoms with Crippen LogP contribution in [0.4, 0.5) is 0 Å². The monoisotopic (exact) mass is 387 g/mol. The van der Waals surface area contributed by atoms with Gasteiger partial charge in [0.1, 0.15) is 0 Å². The third kappa shape index (κ3) is 3.40. The van der Waals surface area contributed by atoms with E-state index in [4.69, 9.17) is 11.6 Å². The number of halogens is 3. The molecule has 0 atom stereocenters. The smallest absolute Gasteiger partial charge is 0.167 e. The van der Waals surface area contributed by atoms with E-state index >= 15 is 0 Å². The molecule has 2 aromatic rings. The Morgan fingerprint density at radius 2 is 1.89 bits per heavy atom. The van der Waals surface area contributed by atoms with Gasteiger partial charge < -0.3 is 0 Å². The summed E-state index contributed by atoms with van der Waals surface area (Å²) in [4.78, 5) is 16.0. The Morgan fingerprint density at radius 3 is 2.50 bits per heavy atom. The number of hydrogen-bond donors (Lipinski definition) is 0. The number of rotatable bonds is 3. The molecule has 0 unspecified atom stereocenters. The fourth-order valence-corrected chi connectivity index (χ4v) is 3.02. The van der Waals surface area contributed by atoms with Crippen molar-refractivity contribution in [3.05, 3.63) is 61.8 Å². The minimum Gasteiger partial charge on any atom is -0.294 e. The zero-order valence-corrected chi connectivity index (χ0v) is 13.1. The molecule has 2 rings (SSSR count). The summed E-state index contributed by atoms with van der Waals surface area (Å²) in [5.74, 6) is 0.0186. The van der Waals surface area contributed by atoms with Crippen molar-refractivity contribution in [3.8, 4) is 0 Å². The second-order valence-electron chi connectivity index (χ2n) is 3.73. The maximum Gasteiger partial charge on any atom is 0.167 e. The Labute approximate surface area is 127 Å². The van der Waals surface area contributed by atoms with Gasteiger partial charge in [0.15, 0.2) is 5.78 Å². The minimum absolute atomic E-state index is 0.0186. The van der Waals surface area contributed by atoms with Gasteiger partial charge in [-0.1, -0.05) is 43.5 Å². The molecule has 0 aliphatic rings. The first-order valence-electron chi connectivity index (χ1n) is 5.14. The van der Waals surface area contributed by atoms with Gasteiger partial charge in [0, 0.05) is 33.3 Å². The summed E-state index contributed by atoms with van der Waals surface area (Å²) >= 11 is 12.7. The van der Waals surface area contributed by atoms with Crippen LogP contribution in [-0.4, -0.2) is 10.8 Å². The van der Waals surface area contributed by atoms with E-state index in [1.165, 1.54) is 0 Å². The molecule has 92 valence electrons. The Hall–Kier alpha value is -0.710. The van der Waals surface area contributed by atoms with Crippen LogP contribution in [0.1, 0.15) is 15.9 Å². The van der Waals surface area contributed by atoms with Crippen LogP contribution in [0.5, 0.6) is 0 Å². The molecular weight excluding hydrogens is 381 g/mol. The van der Waals surface area contributed by atoms with Crippen molar-refractivity contribution in [2.45, 2.75) is 6.42 Å². The highest BCUT2D eigenvalue weighted by Gasteiger charge is 2.11. The fourth-order valence-electron chi connectivity index (χ4n) is 1.54. The largest absolute Gasteiger partial charge is 0.294 e. The van der Waals surface area contributed by atoms with Crippen molar-refractivity contribution in [2.75, 3.05) is 0 Å². The highest BCUT2D eigenvalue weighted by Crippen LogP contribution is 2.22. The van der Waals surface area contributed by atoms with Crippen molar-refractivity contribution in [2.24, 2.45) is 0 Å². The minimum atomic E-state index is 0.0186. The van der Waals surface area contributed by atoms with Gasteiger partial charge in [-0.05, 0) is 29.8 Å². The topological polar surface area (TPSA) is 30.0 Å². The van der Waals surface area contributed by atoms with Gasteiger partial charge in [0.05, 0.1) is 5.02 Å². The zero-order chi connectivity index (χ0) is 13.1. The van der Waals surface area contributed by atoms with Crippen LogP contribution in [0, 0.1) is 0 Å². The first-order valence-corrected chi connectivity index (χ1v) is 7.10. The molecule has 0 spiro atoms. The average Bonchev–Trinajstić information content (AvgIpc) is 2.31. The van der Waals surface area contributed by atoms with Gasteiger partial charge >= 0.3 is 0 Å². The van der Waals surface area contributed by atoms with Crippen molar-refractivity contribution in [1.82, 2.24) is 4.98 Å². The van der Waals surface area contributed by atoms with Crippen LogP contribution in [0.25, 0.3) is 0 Å². The SMILES string of the molecule is O=C(Cc1ccncc1Cl)c1cc(Br)cc(Br)c1. The molecule has 5 heteroatoms. The highest BCUT2D eigenvalue weighted by molar-refractivity contribution is 9.11. The first-order chi connectivity index (χ1) is 8.56. The molecule has 0 amide bonds.